The molecule has 2 bridgehead atoms. The minimum Gasteiger partial charge on any atom is -0.318 e. The maximum Gasteiger partial charge on any atom is 0.238 e. The van der Waals surface area contributed by atoms with Gasteiger partial charge in [0.25, 0.3) is 0 Å². The van der Waals surface area contributed by atoms with E-state index in [1.165, 1.54) is 4.90 Å². The van der Waals surface area contributed by atoms with E-state index in [1.807, 2.05) is 44.2 Å². The normalized spacial score (nSPS) is 35.6. The number of imide groups is 1. The van der Waals surface area contributed by atoms with Gasteiger partial charge in [0.2, 0.25) is 11.8 Å². The van der Waals surface area contributed by atoms with Gasteiger partial charge in [-0.3, -0.25) is 9.59 Å². The molecule has 4 nitrogen and oxygen atoms in total. The molecule has 0 N–H and O–H groups in total. The molecular weight excluding hydrogens is 405 g/mol. The third kappa shape index (κ3) is 2.42. The van der Waals surface area contributed by atoms with E-state index in [2.05, 4.69) is 0 Å². The Balaban J connectivity index is 1.66. The molecule has 4 aliphatic rings. The first-order valence-electron chi connectivity index (χ1n) is 9.74. The Bertz CT molecular complexity index is 1110. The Kier molecular flexibility index (Phi) is 4.01. The molecule has 0 radical (unpaired) electrons. The molecule has 2 saturated heterocycles. The molecule has 6 rings (SSSR count). The number of hydrogen-bond acceptors (Lipinski definition) is 3. The molecule has 0 spiro atoms. The molecule has 2 fully saturated rings. The van der Waals surface area contributed by atoms with E-state index in [-0.39, 0.29) is 11.8 Å². The molecule has 0 unspecified atom stereocenters. The summed E-state index contributed by atoms with van der Waals surface area (Å²) in [6.07, 6.45) is 2.11. The molecule has 2 aromatic carbocycles. The Labute approximate surface area is 174 Å². The number of carbonyl (C=O) groups excluding carboxylic acids is 2. The minimum atomic E-state index is -2.96. The molecule has 5 atom stereocenters. The van der Waals surface area contributed by atoms with Gasteiger partial charge in [-0.2, -0.15) is 0 Å². The van der Waals surface area contributed by atoms with Gasteiger partial charge >= 0.3 is 0 Å². The van der Waals surface area contributed by atoms with Crippen molar-refractivity contribution in [2.24, 2.45) is 17.3 Å². The van der Waals surface area contributed by atoms with Crippen LogP contribution in [0, 0.1) is 24.2 Å². The smallest absolute Gasteiger partial charge is 0.238 e. The maximum absolute atomic E-state index is 14.3. The largest absolute Gasteiger partial charge is 0.318 e. The van der Waals surface area contributed by atoms with Crippen LogP contribution in [0.15, 0.2) is 65.7 Å². The van der Waals surface area contributed by atoms with Crippen molar-refractivity contribution in [3.63, 3.8) is 0 Å². The Morgan fingerprint density at radius 2 is 1.69 bits per heavy atom. The molecule has 3 aliphatic heterocycles. The van der Waals surface area contributed by atoms with Gasteiger partial charge < -0.3 is 4.57 Å². The lowest BCUT2D eigenvalue weighted by Gasteiger charge is -2.51. The van der Waals surface area contributed by atoms with Crippen LogP contribution in [0.5, 0.6) is 0 Å². The molecule has 148 valence electrons. The molecule has 0 saturated carbocycles. The van der Waals surface area contributed by atoms with E-state index in [4.69, 9.17) is 11.6 Å². The number of aryl methyl sites for hydroxylation is 1. The van der Waals surface area contributed by atoms with Crippen molar-refractivity contribution in [1.82, 2.24) is 0 Å². The summed E-state index contributed by atoms with van der Waals surface area (Å²) >= 11 is 6.63. The van der Waals surface area contributed by atoms with E-state index >= 15 is 0 Å². The SMILES string of the molecule is Cc1ccc([P@]2(=O)C[C@]3(C)C(Cl)=C[C@H]2[C@H]2C(=O)N(c4ccccc4)C(=O)[C@H]23)cc1. The summed E-state index contributed by atoms with van der Waals surface area (Å²) < 4.78 is 14.3. The number of fused-ring (bicyclic) bond motifs is 1. The van der Waals surface area contributed by atoms with Gasteiger partial charge in [0.15, 0.2) is 0 Å². The fourth-order valence-electron chi connectivity index (χ4n) is 5.34. The van der Waals surface area contributed by atoms with E-state index < -0.39 is 30.1 Å². The number of benzene rings is 2. The van der Waals surface area contributed by atoms with Crippen LogP contribution in [-0.2, 0) is 14.2 Å². The lowest BCUT2D eigenvalue weighted by atomic mass is 9.67. The average Bonchev–Trinajstić information content (AvgIpc) is 2.97. The van der Waals surface area contributed by atoms with Gasteiger partial charge in [-0.05, 0) is 19.1 Å². The van der Waals surface area contributed by atoms with Crippen molar-refractivity contribution >= 4 is 41.5 Å². The second-order valence-electron chi connectivity index (χ2n) is 8.56. The Hall–Kier alpha value is -2.16. The van der Waals surface area contributed by atoms with Crippen molar-refractivity contribution in [1.29, 1.82) is 0 Å². The summed E-state index contributed by atoms with van der Waals surface area (Å²) in [5.74, 6) is -1.73. The zero-order chi connectivity index (χ0) is 20.6. The first-order valence-corrected chi connectivity index (χ1v) is 12.1. The standard InChI is InChI=1S/C23H21ClNO3P/c1-14-8-10-16(11-9-14)29(28)13-23(2)18(24)12-17(29)19-20(23)22(27)25(21(19)26)15-6-4-3-5-7-15/h3-12,17,19-20H,13H2,1-2H3/t17-,19+,20-,23+,29+/m0/s1. The van der Waals surface area contributed by atoms with Crippen LogP contribution in [-0.4, -0.2) is 23.6 Å². The van der Waals surface area contributed by atoms with Crippen LogP contribution in [0.25, 0.3) is 0 Å². The summed E-state index contributed by atoms with van der Waals surface area (Å²) in [6.45, 7) is 3.87. The Morgan fingerprint density at radius 1 is 1.03 bits per heavy atom. The van der Waals surface area contributed by atoms with Crippen LogP contribution < -0.4 is 10.2 Å². The summed E-state index contributed by atoms with van der Waals surface area (Å²) in [5.41, 5.74) is 0.288. The van der Waals surface area contributed by atoms with E-state index in [9.17, 15) is 14.2 Å². The van der Waals surface area contributed by atoms with Crippen molar-refractivity contribution in [2.45, 2.75) is 19.5 Å². The molecule has 29 heavy (non-hydrogen) atoms. The molecular formula is C23H21ClNO3P. The summed E-state index contributed by atoms with van der Waals surface area (Å²) in [7, 11) is -2.96. The number of allylic oxidation sites excluding steroid dienone is 2. The predicted molar refractivity (Wildman–Crippen MR) is 115 cm³/mol. The van der Waals surface area contributed by atoms with E-state index in [0.29, 0.717) is 16.9 Å². The summed E-state index contributed by atoms with van der Waals surface area (Å²) in [4.78, 5) is 28.2. The third-order valence-electron chi connectivity index (χ3n) is 6.80. The van der Waals surface area contributed by atoms with Crippen molar-refractivity contribution < 1.29 is 14.2 Å². The lowest BCUT2D eigenvalue weighted by molar-refractivity contribution is -0.123. The number of rotatable bonds is 2. The third-order valence-corrected chi connectivity index (χ3v) is 11.1. The van der Waals surface area contributed by atoms with Gasteiger partial charge in [-0.25, -0.2) is 4.90 Å². The number of hydrogen-bond donors (Lipinski definition) is 0. The first-order chi connectivity index (χ1) is 13.8. The zero-order valence-corrected chi connectivity index (χ0v) is 17.9. The highest BCUT2D eigenvalue weighted by Gasteiger charge is 2.69. The molecule has 3 heterocycles. The highest BCUT2D eigenvalue weighted by atomic mass is 35.5. The van der Waals surface area contributed by atoms with Crippen LogP contribution in [0.4, 0.5) is 5.69 Å². The number of amides is 2. The van der Waals surface area contributed by atoms with Crippen LogP contribution in [0.2, 0.25) is 0 Å². The highest BCUT2D eigenvalue weighted by molar-refractivity contribution is 7.72. The quantitative estimate of drug-likeness (QED) is 0.532. The zero-order valence-electron chi connectivity index (χ0n) is 16.2. The molecule has 1 aliphatic carbocycles. The fourth-order valence-corrected chi connectivity index (χ4v) is 9.78. The van der Waals surface area contributed by atoms with Gasteiger partial charge in [-0.15, -0.1) is 0 Å². The van der Waals surface area contributed by atoms with E-state index in [0.717, 1.165) is 10.9 Å². The lowest BCUT2D eigenvalue weighted by Crippen LogP contribution is -2.53. The number of carbonyl (C=O) groups is 2. The number of halogens is 1. The van der Waals surface area contributed by atoms with Crippen LogP contribution in [0.3, 0.4) is 0 Å². The van der Waals surface area contributed by atoms with Gasteiger partial charge in [0, 0.05) is 27.6 Å². The van der Waals surface area contributed by atoms with Crippen molar-refractivity contribution in [2.75, 3.05) is 11.1 Å². The van der Waals surface area contributed by atoms with Crippen molar-refractivity contribution in [3.8, 4) is 0 Å². The van der Waals surface area contributed by atoms with Gasteiger partial charge in [0.1, 0.15) is 7.14 Å². The summed E-state index contributed by atoms with van der Waals surface area (Å²) in [5, 5.41) is 1.31. The Morgan fingerprint density at radius 3 is 2.34 bits per heavy atom. The predicted octanol–water partition coefficient (Wildman–Crippen LogP) is 4.31. The average molecular weight is 426 g/mol. The molecule has 2 aromatic rings. The monoisotopic (exact) mass is 425 g/mol. The maximum atomic E-state index is 14.3. The first kappa shape index (κ1) is 18.8. The topological polar surface area (TPSA) is 54.5 Å². The van der Waals surface area contributed by atoms with E-state index in [1.54, 1.807) is 30.3 Å². The number of para-hydroxylation sites is 1. The van der Waals surface area contributed by atoms with Crippen LogP contribution >= 0.6 is 18.7 Å². The second-order valence-corrected chi connectivity index (χ2v) is 12.0. The fraction of sp³-hybridized carbons (Fsp3) is 0.304. The highest BCUT2D eigenvalue weighted by Crippen LogP contribution is 2.71. The summed E-state index contributed by atoms with van der Waals surface area (Å²) in [6, 6.07) is 16.6. The minimum absolute atomic E-state index is 0.236. The van der Waals surface area contributed by atoms with Crippen molar-refractivity contribution in [3.05, 3.63) is 71.3 Å². The second kappa shape index (κ2) is 6.17. The number of nitrogens with zero attached hydrogens (tertiary/aromatic N) is 1. The molecule has 2 amide bonds. The molecule has 0 aromatic heterocycles. The number of anilines is 1. The van der Waals surface area contributed by atoms with Gasteiger partial charge in [-0.1, -0.05) is 72.6 Å². The molecule has 6 heteroatoms. The van der Waals surface area contributed by atoms with Gasteiger partial charge in [0.05, 0.1) is 17.5 Å². The van der Waals surface area contributed by atoms with Crippen LogP contribution in [0.1, 0.15) is 12.5 Å².